The molecule has 90 valence electrons. The first-order valence-corrected chi connectivity index (χ1v) is 5.32. The first kappa shape index (κ1) is 14.2. The van der Waals surface area contributed by atoms with E-state index >= 15 is 0 Å². The number of nitrogens with one attached hydrogen (secondary N) is 1. The summed E-state index contributed by atoms with van der Waals surface area (Å²) < 4.78 is 0. The third-order valence-corrected chi connectivity index (χ3v) is 2.14. The van der Waals surface area contributed by atoms with Gasteiger partial charge in [0.2, 0.25) is 0 Å². The average molecular weight is 217 g/mol. The van der Waals surface area contributed by atoms with Crippen LogP contribution in [0, 0.1) is 5.92 Å². The number of aliphatic hydroxyl groups excluding tert-OH is 1. The number of hydrogen-bond acceptors (Lipinski definition) is 4. The number of nitrogens with zero attached hydrogens (tertiary/aromatic N) is 1. The largest absolute Gasteiger partial charge is 0.409 e. The normalized spacial score (nSPS) is 16.7. The van der Waals surface area contributed by atoms with E-state index in [4.69, 9.17) is 16.0 Å². The summed E-state index contributed by atoms with van der Waals surface area (Å²) in [4.78, 5) is 0. The van der Waals surface area contributed by atoms with Gasteiger partial charge in [-0.15, -0.1) is 0 Å². The van der Waals surface area contributed by atoms with Crippen molar-refractivity contribution in [2.75, 3.05) is 6.61 Å². The fourth-order valence-corrected chi connectivity index (χ4v) is 1.58. The van der Waals surface area contributed by atoms with Crippen molar-refractivity contribution in [2.45, 2.75) is 45.7 Å². The molecule has 0 radical (unpaired) electrons. The Bertz CT molecular complexity index is 195. The molecule has 0 aliphatic carbocycles. The topological polar surface area (TPSA) is 90.9 Å². The van der Waals surface area contributed by atoms with Crippen molar-refractivity contribution in [2.24, 2.45) is 16.8 Å². The highest BCUT2D eigenvalue weighted by Gasteiger charge is 2.13. The summed E-state index contributed by atoms with van der Waals surface area (Å²) >= 11 is 0. The van der Waals surface area contributed by atoms with Crippen molar-refractivity contribution in [3.05, 3.63) is 0 Å². The van der Waals surface area contributed by atoms with Gasteiger partial charge in [0.05, 0.1) is 6.61 Å². The van der Waals surface area contributed by atoms with Crippen LogP contribution in [0.1, 0.15) is 33.6 Å². The number of aliphatic hydroxyl groups is 1. The van der Waals surface area contributed by atoms with Crippen LogP contribution < -0.4 is 11.1 Å². The molecule has 0 spiro atoms. The minimum absolute atomic E-state index is 0.0755. The molecule has 0 bridgehead atoms. The van der Waals surface area contributed by atoms with E-state index in [1.165, 1.54) is 0 Å². The second kappa shape index (κ2) is 7.48. The predicted molar refractivity (Wildman–Crippen MR) is 61.0 cm³/mol. The van der Waals surface area contributed by atoms with E-state index in [1.807, 2.05) is 6.92 Å². The quantitative estimate of drug-likeness (QED) is 0.216. The SMILES string of the molecule is CC(C)CC(CO)NC(C)CC(N)=NO. The molecule has 15 heavy (non-hydrogen) atoms. The van der Waals surface area contributed by atoms with Gasteiger partial charge in [0, 0.05) is 18.5 Å². The molecule has 0 heterocycles. The van der Waals surface area contributed by atoms with E-state index in [1.54, 1.807) is 0 Å². The molecule has 0 saturated carbocycles. The van der Waals surface area contributed by atoms with Gasteiger partial charge in [0.1, 0.15) is 5.84 Å². The predicted octanol–water partition coefficient (Wildman–Crippen LogP) is 0.508. The lowest BCUT2D eigenvalue weighted by molar-refractivity contribution is 0.215. The van der Waals surface area contributed by atoms with Gasteiger partial charge in [0.25, 0.3) is 0 Å². The van der Waals surface area contributed by atoms with Crippen molar-refractivity contribution < 1.29 is 10.3 Å². The Morgan fingerprint density at radius 3 is 2.40 bits per heavy atom. The Balaban J connectivity index is 3.95. The lowest BCUT2D eigenvalue weighted by Gasteiger charge is -2.22. The number of nitrogens with two attached hydrogens (primary N) is 1. The van der Waals surface area contributed by atoms with Gasteiger partial charge in [-0.25, -0.2) is 0 Å². The molecule has 0 aliphatic rings. The van der Waals surface area contributed by atoms with Crippen molar-refractivity contribution >= 4 is 5.84 Å². The molecule has 2 unspecified atom stereocenters. The Hall–Kier alpha value is -0.810. The number of hydrogen-bond donors (Lipinski definition) is 4. The molecule has 0 amide bonds. The van der Waals surface area contributed by atoms with Crippen molar-refractivity contribution in [1.82, 2.24) is 5.32 Å². The van der Waals surface area contributed by atoms with Gasteiger partial charge in [-0.3, -0.25) is 0 Å². The minimum Gasteiger partial charge on any atom is -0.409 e. The third kappa shape index (κ3) is 7.16. The first-order chi connectivity index (χ1) is 6.99. The van der Waals surface area contributed by atoms with Crippen LogP contribution in [0.5, 0.6) is 0 Å². The summed E-state index contributed by atoms with van der Waals surface area (Å²) in [6.07, 6.45) is 1.39. The van der Waals surface area contributed by atoms with Crippen molar-refractivity contribution in [3.63, 3.8) is 0 Å². The zero-order valence-electron chi connectivity index (χ0n) is 9.77. The van der Waals surface area contributed by atoms with Crippen LogP contribution in [0.4, 0.5) is 0 Å². The van der Waals surface area contributed by atoms with Crippen LogP contribution in [0.15, 0.2) is 5.16 Å². The van der Waals surface area contributed by atoms with E-state index in [2.05, 4.69) is 24.3 Å². The van der Waals surface area contributed by atoms with E-state index in [0.29, 0.717) is 12.3 Å². The van der Waals surface area contributed by atoms with E-state index in [-0.39, 0.29) is 24.5 Å². The van der Waals surface area contributed by atoms with Crippen LogP contribution in [0.2, 0.25) is 0 Å². The van der Waals surface area contributed by atoms with Gasteiger partial charge < -0.3 is 21.4 Å². The van der Waals surface area contributed by atoms with Crippen LogP contribution in [0.3, 0.4) is 0 Å². The fourth-order valence-electron chi connectivity index (χ4n) is 1.58. The summed E-state index contributed by atoms with van der Waals surface area (Å²) in [6.45, 7) is 6.27. The van der Waals surface area contributed by atoms with Gasteiger partial charge >= 0.3 is 0 Å². The van der Waals surface area contributed by atoms with Crippen LogP contribution in [-0.2, 0) is 0 Å². The summed E-state index contributed by atoms with van der Waals surface area (Å²) in [5, 5.41) is 23.7. The monoisotopic (exact) mass is 217 g/mol. The van der Waals surface area contributed by atoms with Gasteiger partial charge in [-0.05, 0) is 19.3 Å². The molecule has 0 fully saturated rings. The smallest absolute Gasteiger partial charge is 0.140 e. The summed E-state index contributed by atoms with van der Waals surface area (Å²) in [7, 11) is 0. The van der Waals surface area contributed by atoms with E-state index in [9.17, 15) is 0 Å². The zero-order valence-corrected chi connectivity index (χ0v) is 9.77. The molecule has 0 aromatic heterocycles. The number of oxime groups is 1. The third-order valence-electron chi connectivity index (χ3n) is 2.14. The van der Waals surface area contributed by atoms with Crippen LogP contribution >= 0.6 is 0 Å². The number of rotatable bonds is 7. The molecule has 5 heteroatoms. The van der Waals surface area contributed by atoms with Gasteiger partial charge in [-0.1, -0.05) is 19.0 Å². The molecule has 5 N–H and O–H groups in total. The standard InChI is InChI=1S/C10H23N3O2/c1-7(2)4-9(6-14)12-8(3)5-10(11)13-15/h7-9,12,14-15H,4-6H2,1-3H3,(H2,11,13). The van der Waals surface area contributed by atoms with Crippen molar-refractivity contribution in [3.8, 4) is 0 Å². The van der Waals surface area contributed by atoms with E-state index < -0.39 is 0 Å². The maximum Gasteiger partial charge on any atom is 0.140 e. The lowest BCUT2D eigenvalue weighted by Crippen LogP contribution is -2.41. The zero-order chi connectivity index (χ0) is 11.8. The summed E-state index contributed by atoms with van der Waals surface area (Å²) in [5.41, 5.74) is 5.39. The summed E-state index contributed by atoms with van der Waals surface area (Å²) in [6, 6.07) is 0.170. The molecule has 0 aromatic carbocycles. The second-order valence-corrected chi connectivity index (χ2v) is 4.37. The van der Waals surface area contributed by atoms with Crippen LogP contribution in [-0.4, -0.2) is 34.8 Å². The highest BCUT2D eigenvalue weighted by Crippen LogP contribution is 2.05. The first-order valence-electron chi connectivity index (χ1n) is 5.32. The average Bonchev–Trinajstić information content (AvgIpc) is 2.15. The molecule has 0 rings (SSSR count). The molecular formula is C10H23N3O2. The molecule has 0 aliphatic heterocycles. The Kier molecular flexibility index (Phi) is 7.07. The molecule has 5 nitrogen and oxygen atoms in total. The summed E-state index contributed by atoms with van der Waals surface area (Å²) in [5.74, 6) is 0.738. The van der Waals surface area contributed by atoms with Gasteiger partial charge in [-0.2, -0.15) is 0 Å². The van der Waals surface area contributed by atoms with Gasteiger partial charge in [0.15, 0.2) is 0 Å². The van der Waals surface area contributed by atoms with E-state index in [0.717, 1.165) is 6.42 Å². The molecule has 2 atom stereocenters. The number of amidine groups is 1. The maximum atomic E-state index is 9.14. The molecular weight excluding hydrogens is 194 g/mol. The molecule has 0 saturated heterocycles. The van der Waals surface area contributed by atoms with Crippen molar-refractivity contribution in [1.29, 1.82) is 0 Å². The lowest BCUT2D eigenvalue weighted by atomic mass is 10.0. The maximum absolute atomic E-state index is 9.14. The Labute approximate surface area is 91.4 Å². The highest BCUT2D eigenvalue weighted by molar-refractivity contribution is 5.80. The Morgan fingerprint density at radius 2 is 2.00 bits per heavy atom. The minimum atomic E-state index is 0.0755. The fraction of sp³-hybridized carbons (Fsp3) is 0.900. The Morgan fingerprint density at radius 1 is 1.40 bits per heavy atom. The highest BCUT2D eigenvalue weighted by atomic mass is 16.4. The van der Waals surface area contributed by atoms with Crippen LogP contribution in [0.25, 0.3) is 0 Å². The second-order valence-electron chi connectivity index (χ2n) is 4.37. The molecule has 0 aromatic rings.